The monoisotopic (exact) mass is 276 g/mol. The van der Waals surface area contributed by atoms with Gasteiger partial charge in [-0.3, -0.25) is 5.84 Å². The van der Waals surface area contributed by atoms with Crippen molar-refractivity contribution in [1.82, 2.24) is 5.43 Å². The summed E-state index contributed by atoms with van der Waals surface area (Å²) >= 11 is 1.62. The van der Waals surface area contributed by atoms with Gasteiger partial charge in [-0.1, -0.05) is 18.2 Å². The second kappa shape index (κ2) is 5.21. The van der Waals surface area contributed by atoms with Gasteiger partial charge in [0.1, 0.15) is 11.5 Å². The number of methoxy groups -OCH3 is 1. The van der Waals surface area contributed by atoms with Crippen LogP contribution in [0.3, 0.4) is 0 Å². The summed E-state index contributed by atoms with van der Waals surface area (Å²) in [5, 5.41) is 2.00. The molecule has 0 amide bonds. The maximum absolute atomic E-state index is 5.76. The first-order chi connectivity index (χ1) is 9.35. The number of hydrazine groups is 1. The van der Waals surface area contributed by atoms with Gasteiger partial charge in [-0.15, -0.1) is 11.3 Å². The lowest BCUT2D eigenvalue weighted by Gasteiger charge is -2.19. The fourth-order valence-electron chi connectivity index (χ4n) is 2.46. The van der Waals surface area contributed by atoms with Gasteiger partial charge in [0.05, 0.1) is 24.6 Å². The molecule has 0 spiro atoms. The van der Waals surface area contributed by atoms with E-state index in [9.17, 15) is 0 Å². The van der Waals surface area contributed by atoms with E-state index >= 15 is 0 Å². The molecule has 0 saturated heterocycles. The quantitative estimate of drug-likeness (QED) is 0.664. The highest BCUT2D eigenvalue weighted by atomic mass is 32.1. The molecule has 4 nitrogen and oxygen atoms in total. The average Bonchev–Trinajstić information content (AvgIpc) is 3.08. The molecule has 0 radical (unpaired) electrons. The fourth-order valence-corrected chi connectivity index (χ4v) is 3.40. The highest BCUT2D eigenvalue weighted by molar-refractivity contribution is 7.10. The molecule has 2 aromatic rings. The molecule has 5 heteroatoms. The molecule has 1 aromatic carbocycles. The van der Waals surface area contributed by atoms with Gasteiger partial charge in [-0.2, -0.15) is 0 Å². The number of rotatable bonds is 4. The minimum Gasteiger partial charge on any atom is -0.496 e. The van der Waals surface area contributed by atoms with Crippen LogP contribution in [0.2, 0.25) is 0 Å². The Bertz CT molecular complexity index is 583. The largest absolute Gasteiger partial charge is 0.496 e. The zero-order chi connectivity index (χ0) is 13.2. The minimum atomic E-state index is -0.108. The van der Waals surface area contributed by atoms with E-state index in [1.54, 1.807) is 18.4 Å². The molecule has 0 bridgehead atoms. The fraction of sp³-hybridized carbons (Fsp3) is 0.286. The summed E-state index contributed by atoms with van der Waals surface area (Å²) in [6.45, 7) is 0.741. The van der Waals surface area contributed by atoms with E-state index in [2.05, 4.69) is 11.5 Å². The normalized spacial score (nSPS) is 14.8. The summed E-state index contributed by atoms with van der Waals surface area (Å²) in [7, 11) is 1.67. The third kappa shape index (κ3) is 2.10. The number of hydrogen-bond acceptors (Lipinski definition) is 5. The van der Waals surface area contributed by atoms with Crippen molar-refractivity contribution in [2.45, 2.75) is 12.5 Å². The van der Waals surface area contributed by atoms with Gasteiger partial charge >= 0.3 is 0 Å². The summed E-state index contributed by atoms with van der Waals surface area (Å²) in [4.78, 5) is 1.06. The van der Waals surface area contributed by atoms with Crippen molar-refractivity contribution >= 4 is 11.3 Å². The van der Waals surface area contributed by atoms with E-state index in [-0.39, 0.29) is 6.04 Å². The van der Waals surface area contributed by atoms with Gasteiger partial charge in [0, 0.05) is 12.0 Å². The van der Waals surface area contributed by atoms with E-state index in [1.165, 1.54) is 5.56 Å². The van der Waals surface area contributed by atoms with Crippen molar-refractivity contribution in [3.05, 3.63) is 45.6 Å². The van der Waals surface area contributed by atoms with E-state index in [1.807, 2.05) is 23.6 Å². The molecule has 1 atom stereocenters. The number of nitrogens with two attached hydrogens (primary N) is 1. The summed E-state index contributed by atoms with van der Waals surface area (Å²) < 4.78 is 11.1. The molecule has 0 fully saturated rings. The van der Waals surface area contributed by atoms with Crippen molar-refractivity contribution in [3.8, 4) is 11.5 Å². The lowest BCUT2D eigenvalue weighted by Crippen LogP contribution is -2.28. The van der Waals surface area contributed by atoms with Crippen LogP contribution in [0.5, 0.6) is 11.5 Å². The first-order valence-electron chi connectivity index (χ1n) is 6.17. The van der Waals surface area contributed by atoms with Gasteiger partial charge in [-0.25, -0.2) is 5.43 Å². The first-order valence-corrected chi connectivity index (χ1v) is 7.05. The SMILES string of the molecule is COc1ccsc1C(NN)c1cccc2c1OCC2. The zero-order valence-corrected chi connectivity index (χ0v) is 11.5. The molecule has 3 N–H and O–H groups in total. The molecular weight excluding hydrogens is 260 g/mol. The summed E-state index contributed by atoms with van der Waals surface area (Å²) in [6.07, 6.45) is 0.960. The number of ether oxygens (including phenoxy) is 2. The number of thiophene rings is 1. The Morgan fingerprint density at radius 1 is 1.42 bits per heavy atom. The number of para-hydroxylation sites is 1. The summed E-state index contributed by atoms with van der Waals surface area (Å²) in [5.74, 6) is 7.57. The van der Waals surface area contributed by atoms with E-state index in [0.29, 0.717) is 0 Å². The van der Waals surface area contributed by atoms with Crippen molar-refractivity contribution in [1.29, 1.82) is 0 Å². The number of fused-ring (bicyclic) bond motifs is 1. The Labute approximate surface area is 116 Å². The van der Waals surface area contributed by atoms with Crippen LogP contribution < -0.4 is 20.7 Å². The van der Waals surface area contributed by atoms with Crippen molar-refractivity contribution in [3.63, 3.8) is 0 Å². The molecule has 1 aliphatic rings. The standard InChI is InChI=1S/C14H16N2O2S/c1-17-11-6-8-19-14(11)12(16-15)10-4-2-3-9-5-7-18-13(9)10/h2-4,6,8,12,16H,5,7,15H2,1H3. The Morgan fingerprint density at radius 3 is 3.11 bits per heavy atom. The Hall–Kier alpha value is -1.56. The molecule has 1 aliphatic heterocycles. The third-order valence-corrected chi connectivity index (χ3v) is 4.32. The second-order valence-corrected chi connectivity index (χ2v) is 5.33. The molecule has 100 valence electrons. The van der Waals surface area contributed by atoms with Crippen LogP contribution in [0.25, 0.3) is 0 Å². The summed E-state index contributed by atoms with van der Waals surface area (Å²) in [5.41, 5.74) is 5.19. The molecule has 19 heavy (non-hydrogen) atoms. The van der Waals surface area contributed by atoms with E-state index in [0.717, 1.165) is 35.0 Å². The lowest BCUT2D eigenvalue weighted by atomic mass is 10.0. The highest BCUT2D eigenvalue weighted by Crippen LogP contribution is 2.40. The lowest BCUT2D eigenvalue weighted by molar-refractivity contribution is 0.350. The molecule has 1 aromatic heterocycles. The van der Waals surface area contributed by atoms with Crippen molar-refractivity contribution < 1.29 is 9.47 Å². The molecule has 2 heterocycles. The topological polar surface area (TPSA) is 56.5 Å². The van der Waals surface area contributed by atoms with E-state index < -0.39 is 0 Å². The Balaban J connectivity index is 2.06. The van der Waals surface area contributed by atoms with Crippen LogP contribution in [0.1, 0.15) is 22.0 Å². The van der Waals surface area contributed by atoms with Crippen LogP contribution in [-0.2, 0) is 6.42 Å². The van der Waals surface area contributed by atoms with Crippen LogP contribution in [0.15, 0.2) is 29.6 Å². The van der Waals surface area contributed by atoms with Crippen molar-refractivity contribution in [2.24, 2.45) is 5.84 Å². The van der Waals surface area contributed by atoms with Gasteiger partial charge in [0.25, 0.3) is 0 Å². The molecule has 0 saturated carbocycles. The van der Waals surface area contributed by atoms with Gasteiger partial charge in [-0.05, 0) is 17.0 Å². The van der Waals surface area contributed by atoms with Gasteiger partial charge in [0.15, 0.2) is 0 Å². The molecular formula is C14H16N2O2S. The second-order valence-electron chi connectivity index (χ2n) is 4.39. The van der Waals surface area contributed by atoms with Gasteiger partial charge in [0.2, 0.25) is 0 Å². The average molecular weight is 276 g/mol. The number of nitrogens with one attached hydrogen (secondary N) is 1. The van der Waals surface area contributed by atoms with Crippen LogP contribution in [0.4, 0.5) is 0 Å². The predicted octanol–water partition coefficient (Wildman–Crippen LogP) is 2.24. The number of hydrogen-bond donors (Lipinski definition) is 2. The molecule has 3 rings (SSSR count). The summed E-state index contributed by atoms with van der Waals surface area (Å²) in [6, 6.07) is 8.04. The smallest absolute Gasteiger partial charge is 0.134 e. The van der Waals surface area contributed by atoms with Gasteiger partial charge < -0.3 is 9.47 Å². The molecule has 1 unspecified atom stereocenters. The van der Waals surface area contributed by atoms with Crippen LogP contribution in [-0.4, -0.2) is 13.7 Å². The van der Waals surface area contributed by atoms with Crippen LogP contribution >= 0.6 is 11.3 Å². The third-order valence-electron chi connectivity index (χ3n) is 3.36. The maximum Gasteiger partial charge on any atom is 0.134 e. The predicted molar refractivity (Wildman–Crippen MR) is 75.7 cm³/mol. The molecule has 0 aliphatic carbocycles. The van der Waals surface area contributed by atoms with Crippen molar-refractivity contribution in [2.75, 3.05) is 13.7 Å². The Kier molecular flexibility index (Phi) is 3.42. The number of benzene rings is 1. The first kappa shape index (κ1) is 12.5. The Morgan fingerprint density at radius 2 is 2.32 bits per heavy atom. The minimum absolute atomic E-state index is 0.108. The van der Waals surface area contributed by atoms with E-state index in [4.69, 9.17) is 15.3 Å². The zero-order valence-electron chi connectivity index (χ0n) is 10.7. The maximum atomic E-state index is 5.76. The highest BCUT2D eigenvalue weighted by Gasteiger charge is 2.25. The van der Waals surface area contributed by atoms with Crippen LogP contribution in [0, 0.1) is 0 Å².